The fourth-order valence-electron chi connectivity index (χ4n) is 1.19. The zero-order valence-electron chi connectivity index (χ0n) is 8.87. The third-order valence-electron chi connectivity index (χ3n) is 1.92. The van der Waals surface area contributed by atoms with E-state index in [0.29, 0.717) is 0 Å². The van der Waals surface area contributed by atoms with Crippen molar-refractivity contribution in [1.29, 1.82) is 5.41 Å². The summed E-state index contributed by atoms with van der Waals surface area (Å²) >= 11 is 0. The number of hydrogen-bond donors (Lipinski definition) is 1. The molecule has 0 unspecified atom stereocenters. The highest BCUT2D eigenvalue weighted by Gasteiger charge is 2.25. The largest absolute Gasteiger partial charge is 0.478 e. The third kappa shape index (κ3) is 2.74. The molecule has 0 saturated carbocycles. The molecular formula is C9H9N3O5. The minimum Gasteiger partial charge on any atom is -0.478 e. The van der Waals surface area contributed by atoms with Crippen molar-refractivity contribution < 1.29 is 14.6 Å². The van der Waals surface area contributed by atoms with E-state index in [9.17, 15) is 20.2 Å². The lowest BCUT2D eigenvalue weighted by Crippen LogP contribution is -2.06. The first-order valence-corrected chi connectivity index (χ1v) is 4.62. The highest BCUT2D eigenvalue weighted by atomic mass is 16.6. The van der Waals surface area contributed by atoms with E-state index in [1.54, 1.807) is 6.92 Å². The Bertz CT molecular complexity index is 486. The molecule has 0 atom stereocenters. The van der Waals surface area contributed by atoms with E-state index in [2.05, 4.69) is 0 Å². The van der Waals surface area contributed by atoms with Gasteiger partial charge in [0, 0.05) is 17.7 Å². The van der Waals surface area contributed by atoms with Crippen molar-refractivity contribution >= 4 is 17.3 Å². The molecule has 8 nitrogen and oxygen atoms in total. The Morgan fingerprint density at radius 3 is 2.35 bits per heavy atom. The van der Waals surface area contributed by atoms with Crippen LogP contribution in [0.4, 0.5) is 11.4 Å². The summed E-state index contributed by atoms with van der Waals surface area (Å²) in [7, 11) is 0. The van der Waals surface area contributed by atoms with Crippen LogP contribution in [0.1, 0.15) is 12.5 Å². The number of nitro groups is 2. The molecule has 90 valence electrons. The van der Waals surface area contributed by atoms with Gasteiger partial charge in [0.05, 0.1) is 16.5 Å². The molecule has 0 aliphatic rings. The van der Waals surface area contributed by atoms with E-state index < -0.39 is 21.2 Å². The summed E-state index contributed by atoms with van der Waals surface area (Å²) in [5.41, 5.74) is -1.14. The van der Waals surface area contributed by atoms with Crippen molar-refractivity contribution in [3.8, 4) is 0 Å². The Hall–Kier alpha value is -2.51. The molecule has 0 aliphatic heterocycles. The molecular weight excluding hydrogens is 230 g/mol. The average molecular weight is 239 g/mol. The van der Waals surface area contributed by atoms with E-state index in [1.165, 1.54) is 6.07 Å². The predicted molar refractivity (Wildman–Crippen MR) is 58.2 cm³/mol. The zero-order chi connectivity index (χ0) is 13.0. The first-order chi connectivity index (χ1) is 7.97. The maximum atomic E-state index is 10.6. The summed E-state index contributed by atoms with van der Waals surface area (Å²) in [6, 6.07) is 3.18. The first-order valence-electron chi connectivity index (χ1n) is 4.62. The monoisotopic (exact) mass is 239 g/mol. The lowest BCUT2D eigenvalue weighted by atomic mass is 10.1. The van der Waals surface area contributed by atoms with Gasteiger partial charge in [-0.1, -0.05) is 0 Å². The molecule has 1 aromatic carbocycles. The van der Waals surface area contributed by atoms with Crippen LogP contribution in [0.3, 0.4) is 0 Å². The zero-order valence-corrected chi connectivity index (χ0v) is 8.87. The van der Waals surface area contributed by atoms with Gasteiger partial charge in [-0.25, -0.2) is 0 Å². The third-order valence-corrected chi connectivity index (χ3v) is 1.92. The van der Waals surface area contributed by atoms with Crippen LogP contribution in [-0.4, -0.2) is 22.4 Å². The lowest BCUT2D eigenvalue weighted by molar-refractivity contribution is -0.422. The van der Waals surface area contributed by atoms with Crippen LogP contribution in [0.5, 0.6) is 0 Å². The van der Waals surface area contributed by atoms with Crippen LogP contribution in [-0.2, 0) is 4.74 Å². The summed E-state index contributed by atoms with van der Waals surface area (Å²) in [5.74, 6) is -0.259. The number of nitrogens with zero attached hydrogens (tertiary/aromatic N) is 2. The van der Waals surface area contributed by atoms with Crippen molar-refractivity contribution in [3.05, 3.63) is 44.0 Å². The number of rotatable bonds is 4. The Kier molecular flexibility index (Phi) is 3.70. The quantitative estimate of drug-likeness (QED) is 0.372. The second kappa shape index (κ2) is 5.01. The smallest absolute Gasteiger partial charge is 0.346 e. The van der Waals surface area contributed by atoms with Gasteiger partial charge in [-0.2, -0.15) is 0 Å². The van der Waals surface area contributed by atoms with Crippen LogP contribution in [0.25, 0.3) is 0 Å². The van der Waals surface area contributed by atoms with Crippen LogP contribution in [0.2, 0.25) is 0 Å². The molecule has 0 bridgehead atoms. The van der Waals surface area contributed by atoms with Gasteiger partial charge in [-0.3, -0.25) is 25.6 Å². The first kappa shape index (κ1) is 12.6. The van der Waals surface area contributed by atoms with Gasteiger partial charge in [0.1, 0.15) is 0 Å². The maximum Gasteiger partial charge on any atom is 0.346 e. The average Bonchev–Trinajstić information content (AvgIpc) is 2.28. The van der Waals surface area contributed by atoms with Crippen molar-refractivity contribution in [2.24, 2.45) is 0 Å². The van der Waals surface area contributed by atoms with E-state index in [-0.39, 0.29) is 18.1 Å². The summed E-state index contributed by atoms with van der Waals surface area (Å²) in [5, 5.41) is 28.6. The minimum atomic E-state index is -0.860. The van der Waals surface area contributed by atoms with Gasteiger partial charge < -0.3 is 4.74 Å². The Balaban J connectivity index is 3.23. The number of nitro benzene ring substituents is 2. The normalized spacial score (nSPS) is 9.71. The minimum absolute atomic E-state index is 0.129. The van der Waals surface area contributed by atoms with Gasteiger partial charge >= 0.3 is 11.4 Å². The van der Waals surface area contributed by atoms with E-state index in [4.69, 9.17) is 10.1 Å². The molecule has 0 fully saturated rings. The van der Waals surface area contributed by atoms with Crippen molar-refractivity contribution in [1.82, 2.24) is 0 Å². The van der Waals surface area contributed by atoms with Crippen LogP contribution in [0.15, 0.2) is 18.2 Å². The number of benzene rings is 1. The van der Waals surface area contributed by atoms with Gasteiger partial charge in [0.15, 0.2) is 0 Å². The van der Waals surface area contributed by atoms with Crippen LogP contribution in [0, 0.1) is 25.6 Å². The van der Waals surface area contributed by atoms with Crippen LogP contribution >= 0.6 is 0 Å². The molecule has 0 spiro atoms. The van der Waals surface area contributed by atoms with Gasteiger partial charge in [0.25, 0.3) is 0 Å². The molecule has 1 aromatic rings. The standard InChI is InChI=1S/C9H9N3O5/c1-2-17-9(10)6-3-4-7(11(13)14)8(5-6)12(15)16/h3-5,10H,2H2,1H3. The van der Waals surface area contributed by atoms with Crippen molar-refractivity contribution in [2.75, 3.05) is 6.61 Å². The van der Waals surface area contributed by atoms with E-state index in [1.807, 2.05) is 0 Å². The SMILES string of the molecule is CCOC(=N)c1ccc([N+](=O)[O-])c([N+](=O)[O-])c1. The predicted octanol–water partition coefficient (Wildman–Crippen LogP) is 1.86. The fraction of sp³-hybridized carbons (Fsp3) is 0.222. The molecule has 0 amide bonds. The molecule has 0 saturated heterocycles. The highest BCUT2D eigenvalue weighted by Crippen LogP contribution is 2.27. The second-order valence-corrected chi connectivity index (χ2v) is 2.98. The molecule has 0 radical (unpaired) electrons. The number of hydrogen-bond acceptors (Lipinski definition) is 6. The fourth-order valence-corrected chi connectivity index (χ4v) is 1.19. The van der Waals surface area contributed by atoms with Gasteiger partial charge in [0.2, 0.25) is 5.90 Å². The molecule has 0 aromatic heterocycles. The van der Waals surface area contributed by atoms with Gasteiger partial charge in [-0.15, -0.1) is 0 Å². The van der Waals surface area contributed by atoms with Crippen molar-refractivity contribution in [2.45, 2.75) is 6.92 Å². The Morgan fingerprint density at radius 1 is 1.29 bits per heavy atom. The molecule has 0 aliphatic carbocycles. The maximum absolute atomic E-state index is 10.6. The summed E-state index contributed by atoms with van der Waals surface area (Å²) < 4.78 is 4.85. The number of ether oxygens (including phenoxy) is 1. The topological polar surface area (TPSA) is 119 Å². The molecule has 1 N–H and O–H groups in total. The highest BCUT2D eigenvalue weighted by molar-refractivity contribution is 5.92. The van der Waals surface area contributed by atoms with E-state index >= 15 is 0 Å². The van der Waals surface area contributed by atoms with Crippen LogP contribution < -0.4 is 0 Å². The Labute approximate surface area is 95.6 Å². The molecule has 17 heavy (non-hydrogen) atoms. The molecule has 0 heterocycles. The van der Waals surface area contributed by atoms with E-state index in [0.717, 1.165) is 12.1 Å². The molecule has 1 rings (SSSR count). The summed E-state index contributed by atoms with van der Waals surface area (Å²) in [6.07, 6.45) is 0. The second-order valence-electron chi connectivity index (χ2n) is 2.98. The van der Waals surface area contributed by atoms with Crippen molar-refractivity contribution in [3.63, 3.8) is 0 Å². The number of nitrogens with one attached hydrogen (secondary N) is 1. The Morgan fingerprint density at radius 2 is 1.88 bits per heavy atom. The summed E-state index contributed by atoms with van der Waals surface area (Å²) in [4.78, 5) is 19.5. The molecule has 8 heteroatoms. The summed E-state index contributed by atoms with van der Waals surface area (Å²) in [6.45, 7) is 1.90. The van der Waals surface area contributed by atoms with Gasteiger partial charge in [-0.05, 0) is 13.0 Å². The lowest BCUT2D eigenvalue weighted by Gasteiger charge is -2.04.